The number of amides is 1. The highest BCUT2D eigenvalue weighted by Crippen LogP contribution is 2.26. The fourth-order valence-corrected chi connectivity index (χ4v) is 2.89. The van der Waals surface area contributed by atoms with E-state index in [0.717, 1.165) is 29.3 Å². The van der Waals surface area contributed by atoms with Crippen molar-refractivity contribution in [2.75, 3.05) is 11.9 Å². The largest absolute Gasteiger partial charge is 0.439 e. The van der Waals surface area contributed by atoms with Crippen molar-refractivity contribution in [3.05, 3.63) is 65.5 Å². The average Bonchev–Trinajstić information content (AvgIpc) is 3.22. The second kappa shape index (κ2) is 6.67. The molecule has 1 aromatic heterocycles. The van der Waals surface area contributed by atoms with Gasteiger partial charge >= 0.3 is 6.09 Å². The highest BCUT2D eigenvalue weighted by atomic mass is 19.1. The Morgan fingerprint density at radius 2 is 1.96 bits per heavy atom. The summed E-state index contributed by atoms with van der Waals surface area (Å²) in [5, 5.41) is 9.85. The van der Waals surface area contributed by atoms with Crippen molar-refractivity contribution < 1.29 is 18.3 Å². The molecule has 1 atom stereocenters. The van der Waals surface area contributed by atoms with E-state index in [1.807, 2.05) is 25.1 Å². The van der Waals surface area contributed by atoms with Gasteiger partial charge in [0.2, 0.25) is 5.95 Å². The summed E-state index contributed by atoms with van der Waals surface area (Å²) in [6.45, 7) is 2.32. The summed E-state index contributed by atoms with van der Waals surface area (Å²) in [7, 11) is 0. The van der Waals surface area contributed by atoms with Crippen molar-refractivity contribution in [3.63, 3.8) is 0 Å². The minimum absolute atomic E-state index is 0.224. The molecule has 0 bridgehead atoms. The molecule has 1 amide bonds. The SMILES string of the molecule is Cc1cc(Nc2ncn(-c3cc(F)cc(F)c3)n2)cc(C2CNC(=O)O2)c1. The number of anilines is 2. The minimum Gasteiger partial charge on any atom is -0.439 e. The van der Waals surface area contributed by atoms with Crippen LogP contribution < -0.4 is 10.6 Å². The molecule has 0 radical (unpaired) electrons. The van der Waals surface area contributed by atoms with Gasteiger partial charge in [0.05, 0.1) is 12.2 Å². The molecule has 0 saturated carbocycles. The molecule has 0 spiro atoms. The molecule has 2 heterocycles. The van der Waals surface area contributed by atoms with Crippen LogP contribution in [0.3, 0.4) is 0 Å². The maximum atomic E-state index is 13.4. The Hall–Kier alpha value is -3.49. The van der Waals surface area contributed by atoms with Gasteiger partial charge < -0.3 is 15.4 Å². The van der Waals surface area contributed by atoms with E-state index in [0.29, 0.717) is 12.2 Å². The number of nitrogens with one attached hydrogen (secondary N) is 2. The summed E-state index contributed by atoms with van der Waals surface area (Å²) in [5.74, 6) is -1.13. The number of aryl methyl sites for hydroxylation is 1. The van der Waals surface area contributed by atoms with Gasteiger partial charge in [-0.15, -0.1) is 5.10 Å². The summed E-state index contributed by atoms with van der Waals surface area (Å²) in [6, 6.07) is 8.76. The number of hydrogen-bond acceptors (Lipinski definition) is 5. The molecule has 2 N–H and O–H groups in total. The van der Waals surface area contributed by atoms with E-state index in [1.165, 1.54) is 11.0 Å². The first kappa shape index (κ1) is 17.0. The van der Waals surface area contributed by atoms with Crippen LogP contribution in [-0.2, 0) is 4.74 Å². The van der Waals surface area contributed by atoms with E-state index in [2.05, 4.69) is 20.7 Å². The van der Waals surface area contributed by atoms with Crippen LogP contribution in [0.25, 0.3) is 5.69 Å². The number of alkyl carbamates (subject to hydrolysis) is 1. The van der Waals surface area contributed by atoms with Crippen molar-refractivity contribution in [2.24, 2.45) is 0 Å². The maximum absolute atomic E-state index is 13.4. The van der Waals surface area contributed by atoms with Crippen LogP contribution >= 0.6 is 0 Å². The number of hydrogen-bond donors (Lipinski definition) is 2. The van der Waals surface area contributed by atoms with Crippen LogP contribution in [0.1, 0.15) is 17.2 Å². The Balaban J connectivity index is 1.57. The zero-order valence-corrected chi connectivity index (χ0v) is 14.2. The van der Waals surface area contributed by atoms with E-state index in [4.69, 9.17) is 4.74 Å². The van der Waals surface area contributed by atoms with Crippen LogP contribution in [-0.4, -0.2) is 27.4 Å². The Labute approximate surface area is 153 Å². The monoisotopic (exact) mass is 371 g/mol. The van der Waals surface area contributed by atoms with Crippen LogP contribution in [0.15, 0.2) is 42.7 Å². The zero-order valence-electron chi connectivity index (χ0n) is 14.2. The quantitative estimate of drug-likeness (QED) is 0.735. The van der Waals surface area contributed by atoms with E-state index < -0.39 is 17.7 Å². The number of nitrogens with zero attached hydrogens (tertiary/aromatic N) is 3. The van der Waals surface area contributed by atoms with Crippen LogP contribution in [0.5, 0.6) is 0 Å². The highest BCUT2D eigenvalue weighted by Gasteiger charge is 2.24. The summed E-state index contributed by atoms with van der Waals surface area (Å²) in [5.41, 5.74) is 2.73. The lowest BCUT2D eigenvalue weighted by Gasteiger charge is -2.12. The second-order valence-corrected chi connectivity index (χ2v) is 6.17. The van der Waals surface area contributed by atoms with Gasteiger partial charge in [0, 0.05) is 11.8 Å². The Morgan fingerprint density at radius 3 is 2.67 bits per heavy atom. The molecule has 7 nitrogen and oxygen atoms in total. The third kappa shape index (κ3) is 3.71. The number of rotatable bonds is 4. The lowest BCUT2D eigenvalue weighted by atomic mass is 10.1. The molecule has 138 valence electrons. The zero-order chi connectivity index (χ0) is 19.0. The summed E-state index contributed by atoms with van der Waals surface area (Å²) >= 11 is 0. The second-order valence-electron chi connectivity index (χ2n) is 6.17. The van der Waals surface area contributed by atoms with Crippen molar-refractivity contribution >= 4 is 17.7 Å². The normalized spacial score (nSPS) is 16.1. The molecule has 2 aromatic carbocycles. The fraction of sp³-hybridized carbons (Fsp3) is 0.167. The lowest BCUT2D eigenvalue weighted by Crippen LogP contribution is -2.12. The van der Waals surface area contributed by atoms with E-state index in [1.54, 1.807) is 0 Å². The molecule has 1 saturated heterocycles. The van der Waals surface area contributed by atoms with Gasteiger partial charge in [0.1, 0.15) is 24.1 Å². The van der Waals surface area contributed by atoms with Crippen LogP contribution in [0.4, 0.5) is 25.2 Å². The molecule has 0 aliphatic carbocycles. The molecule has 27 heavy (non-hydrogen) atoms. The number of carbonyl (C=O) groups excluding carboxylic acids is 1. The molecular weight excluding hydrogens is 356 g/mol. The van der Waals surface area contributed by atoms with Crippen molar-refractivity contribution in [2.45, 2.75) is 13.0 Å². The summed E-state index contributed by atoms with van der Waals surface area (Å²) < 4.78 is 33.2. The molecule has 1 unspecified atom stereocenters. The predicted molar refractivity (Wildman–Crippen MR) is 93.0 cm³/mol. The summed E-state index contributed by atoms with van der Waals surface area (Å²) in [6.07, 6.45) is 0.549. The molecule has 3 aromatic rings. The smallest absolute Gasteiger partial charge is 0.407 e. The molecule has 9 heteroatoms. The first-order valence-corrected chi connectivity index (χ1v) is 8.17. The third-order valence-electron chi connectivity index (χ3n) is 4.01. The van der Waals surface area contributed by atoms with Gasteiger partial charge in [-0.05, 0) is 42.3 Å². The predicted octanol–water partition coefficient (Wildman–Crippen LogP) is 3.38. The summed E-state index contributed by atoms with van der Waals surface area (Å²) in [4.78, 5) is 15.4. The average molecular weight is 371 g/mol. The van der Waals surface area contributed by atoms with E-state index in [-0.39, 0.29) is 17.7 Å². The van der Waals surface area contributed by atoms with Crippen LogP contribution in [0, 0.1) is 18.6 Å². The molecule has 1 aliphatic heterocycles. The van der Waals surface area contributed by atoms with Gasteiger partial charge in [-0.25, -0.2) is 18.3 Å². The van der Waals surface area contributed by atoms with Crippen LogP contribution in [0.2, 0.25) is 0 Å². The van der Waals surface area contributed by atoms with Gasteiger partial charge in [-0.3, -0.25) is 0 Å². The van der Waals surface area contributed by atoms with Gasteiger partial charge in [-0.2, -0.15) is 4.98 Å². The lowest BCUT2D eigenvalue weighted by molar-refractivity contribution is 0.141. The topological polar surface area (TPSA) is 81.1 Å². The number of benzene rings is 2. The van der Waals surface area contributed by atoms with Crippen molar-refractivity contribution in [1.29, 1.82) is 0 Å². The number of cyclic esters (lactones) is 1. The Kier molecular flexibility index (Phi) is 4.19. The van der Waals surface area contributed by atoms with E-state index in [9.17, 15) is 13.6 Å². The number of aromatic nitrogens is 3. The molecular formula is C18H15F2N5O2. The fourth-order valence-electron chi connectivity index (χ4n) is 2.89. The first-order valence-electron chi connectivity index (χ1n) is 8.17. The van der Waals surface area contributed by atoms with Gasteiger partial charge in [0.15, 0.2) is 0 Å². The number of carbonyl (C=O) groups is 1. The molecule has 1 aliphatic rings. The minimum atomic E-state index is -0.696. The van der Waals surface area contributed by atoms with E-state index >= 15 is 0 Å². The van der Waals surface area contributed by atoms with Crippen molar-refractivity contribution in [1.82, 2.24) is 20.1 Å². The first-order chi connectivity index (χ1) is 13.0. The Morgan fingerprint density at radius 1 is 1.19 bits per heavy atom. The maximum Gasteiger partial charge on any atom is 0.407 e. The standard InChI is InChI=1S/C18H15F2N5O2/c1-10-2-11(16-8-21-18(26)27-16)4-14(3-10)23-17-22-9-25(24-17)15-6-12(19)5-13(20)7-15/h2-7,9,16H,8H2,1H3,(H,21,26)(H,23,24). The molecule has 1 fully saturated rings. The van der Waals surface area contributed by atoms with Gasteiger partial charge in [-0.1, -0.05) is 6.07 Å². The Bertz CT molecular complexity index is 1000. The highest BCUT2D eigenvalue weighted by molar-refractivity contribution is 5.70. The van der Waals surface area contributed by atoms with Gasteiger partial charge in [0.25, 0.3) is 0 Å². The third-order valence-corrected chi connectivity index (χ3v) is 4.01. The number of ether oxygens (including phenoxy) is 1. The number of halogens is 2. The molecule has 4 rings (SSSR count). The van der Waals surface area contributed by atoms with Crippen molar-refractivity contribution in [3.8, 4) is 5.69 Å².